The molecule has 0 aliphatic carbocycles. The fraction of sp³-hybridized carbons (Fsp3) is 0.208. The maximum Gasteiger partial charge on any atom is 0.262 e. The van der Waals surface area contributed by atoms with E-state index in [-0.39, 0.29) is 23.1 Å². The van der Waals surface area contributed by atoms with Crippen molar-refractivity contribution >= 4 is 27.3 Å². The zero-order valence-electron chi connectivity index (χ0n) is 18.8. The minimum Gasteiger partial charge on any atom is -0.497 e. The van der Waals surface area contributed by atoms with Crippen molar-refractivity contribution in [3.63, 3.8) is 0 Å². The van der Waals surface area contributed by atoms with Gasteiger partial charge >= 0.3 is 0 Å². The highest BCUT2D eigenvalue weighted by Gasteiger charge is 2.17. The number of aryl methyl sites for hydroxylation is 2. The van der Waals surface area contributed by atoms with Gasteiger partial charge in [0.25, 0.3) is 15.9 Å². The first kappa shape index (κ1) is 23.9. The highest BCUT2D eigenvalue weighted by molar-refractivity contribution is 7.92. The van der Waals surface area contributed by atoms with Crippen molar-refractivity contribution in [2.45, 2.75) is 18.7 Å². The highest BCUT2D eigenvalue weighted by atomic mass is 32.2. The van der Waals surface area contributed by atoms with E-state index in [4.69, 9.17) is 14.2 Å². The summed E-state index contributed by atoms with van der Waals surface area (Å²) < 4.78 is 43.9. The number of amides is 1. The Hall–Kier alpha value is -3.72. The Morgan fingerprint density at radius 3 is 2.18 bits per heavy atom. The molecule has 0 aliphatic rings. The first-order chi connectivity index (χ1) is 15.7. The minimum atomic E-state index is -3.87. The zero-order valence-corrected chi connectivity index (χ0v) is 19.7. The third-order valence-corrected chi connectivity index (χ3v) is 6.33. The van der Waals surface area contributed by atoms with E-state index in [0.717, 1.165) is 11.1 Å². The lowest BCUT2D eigenvalue weighted by Gasteiger charge is -2.13. The summed E-state index contributed by atoms with van der Waals surface area (Å²) >= 11 is 0. The summed E-state index contributed by atoms with van der Waals surface area (Å²) in [6.07, 6.45) is 0. The van der Waals surface area contributed by atoms with Crippen LogP contribution in [0.15, 0.2) is 65.6 Å². The molecule has 0 radical (unpaired) electrons. The van der Waals surface area contributed by atoms with Crippen molar-refractivity contribution in [3.8, 4) is 17.2 Å². The number of rotatable bonds is 9. The Morgan fingerprint density at radius 2 is 1.55 bits per heavy atom. The van der Waals surface area contributed by atoms with E-state index < -0.39 is 10.0 Å². The van der Waals surface area contributed by atoms with Gasteiger partial charge in [-0.15, -0.1) is 0 Å². The monoisotopic (exact) mass is 470 g/mol. The maximum absolute atomic E-state index is 12.8. The predicted molar refractivity (Wildman–Crippen MR) is 127 cm³/mol. The lowest BCUT2D eigenvalue weighted by atomic mass is 10.1. The molecule has 0 saturated heterocycles. The third kappa shape index (κ3) is 6.17. The van der Waals surface area contributed by atoms with E-state index in [1.54, 1.807) is 24.3 Å². The van der Waals surface area contributed by atoms with Crippen LogP contribution < -0.4 is 24.2 Å². The standard InChI is InChI=1S/C24H26N2O6S/c1-16-5-8-20(13-17(16)2)32-15-24(27)25-18-6-10-21(11-7-18)33(28,29)26-22-12-9-19(30-3)14-23(22)31-4/h5-14,26H,15H2,1-4H3,(H,25,27). The fourth-order valence-corrected chi connectivity index (χ4v) is 4.02. The van der Waals surface area contributed by atoms with E-state index >= 15 is 0 Å². The van der Waals surface area contributed by atoms with E-state index in [1.165, 1.54) is 38.5 Å². The second-order valence-corrected chi connectivity index (χ2v) is 8.96. The second-order valence-electron chi connectivity index (χ2n) is 7.28. The summed E-state index contributed by atoms with van der Waals surface area (Å²) in [5, 5.41) is 2.68. The molecule has 174 valence electrons. The Balaban J connectivity index is 1.63. The molecule has 0 heterocycles. The number of sulfonamides is 1. The zero-order chi connectivity index (χ0) is 24.0. The number of ether oxygens (including phenoxy) is 3. The largest absolute Gasteiger partial charge is 0.497 e. The molecule has 3 aromatic carbocycles. The van der Waals surface area contributed by atoms with Crippen molar-refractivity contribution in [3.05, 3.63) is 71.8 Å². The number of nitrogens with one attached hydrogen (secondary N) is 2. The molecule has 1 amide bonds. The third-order valence-electron chi connectivity index (χ3n) is 4.95. The molecule has 0 aliphatic heterocycles. The van der Waals surface area contributed by atoms with Crippen LogP contribution in [-0.2, 0) is 14.8 Å². The van der Waals surface area contributed by atoms with Crippen LogP contribution in [0.3, 0.4) is 0 Å². The van der Waals surface area contributed by atoms with Gasteiger partial charge in [0.1, 0.15) is 17.2 Å². The van der Waals surface area contributed by atoms with Crippen LogP contribution >= 0.6 is 0 Å². The maximum atomic E-state index is 12.8. The molecule has 8 nitrogen and oxygen atoms in total. The summed E-state index contributed by atoms with van der Waals surface area (Å²) in [5.74, 6) is 1.11. The molecule has 3 rings (SSSR count). The average Bonchev–Trinajstić information content (AvgIpc) is 2.80. The summed E-state index contributed by atoms with van der Waals surface area (Å²) in [5.41, 5.74) is 2.94. The number of benzene rings is 3. The van der Waals surface area contributed by atoms with E-state index in [2.05, 4.69) is 10.0 Å². The molecule has 0 spiro atoms. The van der Waals surface area contributed by atoms with E-state index in [1.807, 2.05) is 26.0 Å². The SMILES string of the molecule is COc1ccc(NS(=O)(=O)c2ccc(NC(=O)COc3ccc(C)c(C)c3)cc2)c(OC)c1. The first-order valence-corrected chi connectivity index (χ1v) is 11.5. The molecule has 9 heteroatoms. The fourth-order valence-electron chi connectivity index (χ4n) is 2.95. The van der Waals surface area contributed by atoms with Crippen LogP contribution in [-0.4, -0.2) is 35.2 Å². The van der Waals surface area contributed by atoms with Crippen molar-refractivity contribution in [1.29, 1.82) is 0 Å². The summed E-state index contributed by atoms with van der Waals surface area (Å²) in [6, 6.07) is 16.2. The summed E-state index contributed by atoms with van der Waals surface area (Å²) in [6.45, 7) is 3.80. The number of methoxy groups -OCH3 is 2. The summed E-state index contributed by atoms with van der Waals surface area (Å²) in [4.78, 5) is 12.2. The Morgan fingerprint density at radius 1 is 0.848 bits per heavy atom. The van der Waals surface area contributed by atoms with Gasteiger partial charge in [-0.25, -0.2) is 8.42 Å². The topological polar surface area (TPSA) is 103 Å². The predicted octanol–water partition coefficient (Wildman–Crippen LogP) is 4.14. The number of hydrogen-bond acceptors (Lipinski definition) is 6. The molecule has 0 fully saturated rings. The lowest BCUT2D eigenvalue weighted by molar-refractivity contribution is -0.118. The van der Waals surface area contributed by atoms with Gasteiger partial charge in [0.2, 0.25) is 0 Å². The summed E-state index contributed by atoms with van der Waals surface area (Å²) in [7, 11) is -0.926. The van der Waals surface area contributed by atoms with Gasteiger partial charge in [0.05, 0.1) is 24.8 Å². The quantitative estimate of drug-likeness (QED) is 0.487. The van der Waals surface area contributed by atoms with E-state index in [9.17, 15) is 13.2 Å². The molecule has 33 heavy (non-hydrogen) atoms. The lowest BCUT2D eigenvalue weighted by Crippen LogP contribution is -2.20. The molecule has 2 N–H and O–H groups in total. The molecule has 0 bridgehead atoms. The number of hydrogen-bond donors (Lipinski definition) is 2. The van der Waals surface area contributed by atoms with Gasteiger partial charge in [-0.2, -0.15) is 0 Å². The van der Waals surface area contributed by atoms with Gasteiger partial charge in [0, 0.05) is 11.8 Å². The van der Waals surface area contributed by atoms with Gasteiger partial charge in [-0.1, -0.05) is 6.07 Å². The second kappa shape index (κ2) is 10.3. The van der Waals surface area contributed by atoms with Crippen LogP contribution in [0.4, 0.5) is 11.4 Å². The van der Waals surface area contributed by atoms with Crippen LogP contribution in [0.2, 0.25) is 0 Å². The van der Waals surface area contributed by atoms with Gasteiger partial charge in [0.15, 0.2) is 6.61 Å². The Labute approximate surface area is 193 Å². The van der Waals surface area contributed by atoms with Gasteiger partial charge < -0.3 is 19.5 Å². The van der Waals surface area contributed by atoms with Gasteiger partial charge in [-0.3, -0.25) is 9.52 Å². The van der Waals surface area contributed by atoms with Crippen molar-refractivity contribution in [2.24, 2.45) is 0 Å². The molecule has 3 aromatic rings. The molecular formula is C24H26N2O6S. The normalized spacial score (nSPS) is 10.9. The molecule has 0 atom stereocenters. The highest BCUT2D eigenvalue weighted by Crippen LogP contribution is 2.31. The minimum absolute atomic E-state index is 0.0322. The van der Waals surface area contributed by atoms with Crippen LogP contribution in [0.5, 0.6) is 17.2 Å². The van der Waals surface area contributed by atoms with E-state index in [0.29, 0.717) is 22.9 Å². The average molecular weight is 471 g/mol. The van der Waals surface area contributed by atoms with Crippen LogP contribution in [0, 0.1) is 13.8 Å². The first-order valence-electron chi connectivity index (χ1n) is 10.1. The molecule has 0 saturated carbocycles. The smallest absolute Gasteiger partial charge is 0.262 e. The molecular weight excluding hydrogens is 444 g/mol. The van der Waals surface area contributed by atoms with Crippen molar-refractivity contribution in [1.82, 2.24) is 0 Å². The van der Waals surface area contributed by atoms with Crippen molar-refractivity contribution in [2.75, 3.05) is 30.9 Å². The number of anilines is 2. The molecule has 0 aromatic heterocycles. The number of carbonyl (C=O) groups excluding carboxylic acids is 1. The van der Waals surface area contributed by atoms with Crippen molar-refractivity contribution < 1.29 is 27.4 Å². The van der Waals surface area contributed by atoms with Crippen LogP contribution in [0.1, 0.15) is 11.1 Å². The Kier molecular flexibility index (Phi) is 7.44. The van der Waals surface area contributed by atoms with Crippen LogP contribution in [0.25, 0.3) is 0 Å². The van der Waals surface area contributed by atoms with Gasteiger partial charge in [-0.05, 0) is 73.5 Å². The molecule has 0 unspecified atom stereocenters. The Bertz CT molecular complexity index is 1240. The number of carbonyl (C=O) groups is 1.